The highest BCUT2D eigenvalue weighted by Crippen LogP contribution is 2.25. The molecular weight excluding hydrogens is 320 g/mol. The van der Waals surface area contributed by atoms with Gasteiger partial charge in [-0.15, -0.1) is 0 Å². The van der Waals surface area contributed by atoms with Crippen molar-refractivity contribution in [2.75, 3.05) is 13.1 Å². The van der Waals surface area contributed by atoms with Gasteiger partial charge in [-0.1, -0.05) is 30.3 Å². The van der Waals surface area contributed by atoms with Gasteiger partial charge in [-0.2, -0.15) is 0 Å². The number of carbonyl (C=O) groups is 2. The minimum absolute atomic E-state index is 0.0246. The van der Waals surface area contributed by atoms with E-state index in [1.807, 2.05) is 24.0 Å². The minimum atomic E-state index is -0.881. The Hall–Kier alpha value is -2.37. The predicted molar refractivity (Wildman–Crippen MR) is 93.6 cm³/mol. The molecule has 0 saturated carbocycles. The largest absolute Gasteiger partial charge is 0.478 e. The highest BCUT2D eigenvalue weighted by Gasteiger charge is 2.33. The molecule has 2 aliphatic rings. The van der Waals surface area contributed by atoms with Gasteiger partial charge in [0.25, 0.3) is 5.91 Å². The Bertz CT molecular complexity index is 678. The summed E-state index contributed by atoms with van der Waals surface area (Å²) in [6.45, 7) is 3.40. The number of hydrogen-bond donors (Lipinski definition) is 1. The van der Waals surface area contributed by atoms with E-state index < -0.39 is 12.1 Å². The lowest BCUT2D eigenvalue weighted by Gasteiger charge is -2.33. The van der Waals surface area contributed by atoms with Crippen LogP contribution in [-0.2, 0) is 16.1 Å². The van der Waals surface area contributed by atoms with Gasteiger partial charge < -0.3 is 14.8 Å². The lowest BCUT2D eigenvalue weighted by molar-refractivity contribution is -0.143. The Labute approximate surface area is 147 Å². The molecule has 2 heterocycles. The van der Waals surface area contributed by atoms with Crippen molar-refractivity contribution in [2.24, 2.45) is 11.1 Å². The fourth-order valence-corrected chi connectivity index (χ4v) is 3.55. The van der Waals surface area contributed by atoms with E-state index in [0.717, 1.165) is 37.0 Å². The normalized spacial score (nSPS) is 20.9. The molecule has 6 heteroatoms. The number of piperidine rings is 1. The van der Waals surface area contributed by atoms with Gasteiger partial charge in [0.1, 0.15) is 0 Å². The van der Waals surface area contributed by atoms with E-state index in [1.165, 1.54) is 0 Å². The van der Waals surface area contributed by atoms with E-state index >= 15 is 0 Å². The molecule has 0 aromatic heterocycles. The van der Waals surface area contributed by atoms with Crippen LogP contribution in [0.3, 0.4) is 0 Å². The van der Waals surface area contributed by atoms with Crippen molar-refractivity contribution in [3.05, 3.63) is 35.4 Å². The van der Waals surface area contributed by atoms with Gasteiger partial charge in [0.2, 0.25) is 6.10 Å². The number of likely N-dealkylation sites (tertiary alicyclic amines) is 1. The molecule has 134 valence electrons. The van der Waals surface area contributed by atoms with Crippen LogP contribution in [0, 0.1) is 5.92 Å². The molecule has 0 spiro atoms. The van der Waals surface area contributed by atoms with Crippen molar-refractivity contribution >= 4 is 17.6 Å². The monoisotopic (exact) mass is 344 g/mol. The van der Waals surface area contributed by atoms with E-state index in [1.54, 1.807) is 12.1 Å². The maximum absolute atomic E-state index is 12.5. The molecule has 25 heavy (non-hydrogen) atoms. The molecule has 0 aliphatic carbocycles. The van der Waals surface area contributed by atoms with Gasteiger partial charge in [0.05, 0.1) is 11.3 Å². The fourth-order valence-electron chi connectivity index (χ4n) is 3.55. The number of rotatable bonds is 5. The van der Waals surface area contributed by atoms with Crippen LogP contribution in [0.4, 0.5) is 0 Å². The summed E-state index contributed by atoms with van der Waals surface area (Å²) in [7, 11) is 0. The van der Waals surface area contributed by atoms with E-state index in [9.17, 15) is 14.7 Å². The van der Waals surface area contributed by atoms with Crippen molar-refractivity contribution in [1.82, 2.24) is 4.90 Å². The van der Waals surface area contributed by atoms with Crippen LogP contribution in [0.2, 0.25) is 0 Å². The topological polar surface area (TPSA) is 79.2 Å². The third-order valence-corrected chi connectivity index (χ3v) is 5.10. The first-order valence-electron chi connectivity index (χ1n) is 8.90. The van der Waals surface area contributed by atoms with Crippen molar-refractivity contribution < 1.29 is 19.5 Å². The van der Waals surface area contributed by atoms with Gasteiger partial charge in [-0.05, 0) is 43.2 Å². The van der Waals surface area contributed by atoms with Crippen LogP contribution in [0.1, 0.15) is 48.5 Å². The molecule has 0 radical (unpaired) electrons. The second-order valence-electron chi connectivity index (χ2n) is 6.74. The average molecular weight is 344 g/mol. The summed E-state index contributed by atoms with van der Waals surface area (Å²) in [5.41, 5.74) is 2.20. The number of carbonyl (C=O) groups excluding carboxylic acids is 1. The van der Waals surface area contributed by atoms with Crippen molar-refractivity contribution in [1.29, 1.82) is 0 Å². The van der Waals surface area contributed by atoms with Crippen molar-refractivity contribution in [3.63, 3.8) is 0 Å². The number of amides is 1. The van der Waals surface area contributed by atoms with Crippen LogP contribution in [0.25, 0.3) is 0 Å². The number of carboxylic acids is 1. The van der Waals surface area contributed by atoms with Gasteiger partial charge in [0.15, 0.2) is 0 Å². The fraction of sp³-hybridized carbons (Fsp3) is 0.526. The lowest BCUT2D eigenvalue weighted by Crippen LogP contribution is -2.44. The van der Waals surface area contributed by atoms with E-state index in [-0.39, 0.29) is 5.91 Å². The smallest absolute Gasteiger partial charge is 0.335 e. The zero-order valence-corrected chi connectivity index (χ0v) is 14.5. The van der Waals surface area contributed by atoms with Crippen molar-refractivity contribution in [2.45, 2.75) is 45.1 Å². The Balaban J connectivity index is 1.53. The Morgan fingerprint density at radius 1 is 1.28 bits per heavy atom. The molecule has 1 amide bonds. The summed E-state index contributed by atoms with van der Waals surface area (Å²) >= 11 is 0. The van der Waals surface area contributed by atoms with Crippen LogP contribution in [-0.4, -0.2) is 46.8 Å². The van der Waals surface area contributed by atoms with E-state index in [0.29, 0.717) is 31.0 Å². The number of aromatic carboxylic acids is 1. The number of oxime groups is 1. The highest BCUT2D eigenvalue weighted by molar-refractivity contribution is 5.92. The van der Waals surface area contributed by atoms with Gasteiger partial charge in [-0.3, -0.25) is 4.79 Å². The van der Waals surface area contributed by atoms with Gasteiger partial charge in [0, 0.05) is 19.5 Å². The number of hydrogen-bond acceptors (Lipinski definition) is 4. The molecule has 6 nitrogen and oxygen atoms in total. The standard InChI is InChI=1S/C19H24N2O4/c1-2-15-12-17(25-20-15)18(22)21-9-7-13(8-10-21)11-14-5-3-4-6-16(14)19(23)24/h3-6,13,17H,2,7-12H2,1H3,(H,23,24). The molecule has 1 atom stereocenters. The zero-order chi connectivity index (χ0) is 17.8. The SMILES string of the molecule is CCC1=NOC(C(=O)N2CCC(Cc3ccccc3C(=O)O)CC2)C1. The molecule has 1 unspecified atom stereocenters. The lowest BCUT2D eigenvalue weighted by atomic mass is 9.88. The molecule has 1 aromatic rings. The summed E-state index contributed by atoms with van der Waals surface area (Å²) in [4.78, 5) is 31.0. The van der Waals surface area contributed by atoms with Crippen LogP contribution in [0.5, 0.6) is 0 Å². The second-order valence-corrected chi connectivity index (χ2v) is 6.74. The number of carboxylic acid groups (broad SMARTS) is 1. The molecule has 1 saturated heterocycles. The molecule has 1 N–H and O–H groups in total. The summed E-state index contributed by atoms with van der Waals surface area (Å²) in [5.74, 6) is -0.457. The molecule has 2 aliphatic heterocycles. The maximum Gasteiger partial charge on any atom is 0.335 e. The maximum atomic E-state index is 12.5. The molecule has 1 aromatic carbocycles. The first-order valence-corrected chi connectivity index (χ1v) is 8.90. The van der Waals surface area contributed by atoms with Crippen molar-refractivity contribution in [3.8, 4) is 0 Å². The van der Waals surface area contributed by atoms with Crippen LogP contribution in [0.15, 0.2) is 29.4 Å². The average Bonchev–Trinajstić information content (AvgIpc) is 3.11. The molecule has 1 fully saturated rings. The summed E-state index contributed by atoms with van der Waals surface area (Å²) in [5, 5.41) is 13.3. The highest BCUT2D eigenvalue weighted by atomic mass is 16.6. The number of nitrogens with zero attached hydrogens (tertiary/aromatic N) is 2. The first kappa shape index (κ1) is 17.5. The summed E-state index contributed by atoms with van der Waals surface area (Å²) < 4.78 is 0. The van der Waals surface area contributed by atoms with E-state index in [2.05, 4.69) is 5.16 Å². The molecular formula is C19H24N2O4. The summed E-state index contributed by atoms with van der Waals surface area (Å²) in [6.07, 6.45) is 3.46. The third-order valence-electron chi connectivity index (χ3n) is 5.10. The third kappa shape index (κ3) is 4.00. The first-order chi connectivity index (χ1) is 12.1. The number of benzene rings is 1. The zero-order valence-electron chi connectivity index (χ0n) is 14.5. The molecule has 3 rings (SSSR count). The molecule has 0 bridgehead atoms. The second kappa shape index (κ2) is 7.68. The minimum Gasteiger partial charge on any atom is -0.478 e. The van der Waals surface area contributed by atoms with E-state index in [4.69, 9.17) is 4.84 Å². The quantitative estimate of drug-likeness (QED) is 0.891. The summed E-state index contributed by atoms with van der Waals surface area (Å²) in [6, 6.07) is 7.17. The Morgan fingerprint density at radius 2 is 2.00 bits per heavy atom. The Kier molecular flexibility index (Phi) is 5.36. The van der Waals surface area contributed by atoms with Crippen LogP contribution >= 0.6 is 0 Å². The predicted octanol–water partition coefficient (Wildman–Crippen LogP) is 2.72. The van der Waals surface area contributed by atoms with Crippen LogP contribution < -0.4 is 0 Å². The van der Waals surface area contributed by atoms with Gasteiger partial charge >= 0.3 is 5.97 Å². The van der Waals surface area contributed by atoms with Gasteiger partial charge in [-0.25, -0.2) is 4.79 Å². The Morgan fingerprint density at radius 3 is 2.64 bits per heavy atom.